The van der Waals surface area contributed by atoms with Gasteiger partial charge in [0.1, 0.15) is 12.1 Å². The highest BCUT2D eigenvalue weighted by atomic mass is 16.5. The number of piperidine rings is 1. The molecule has 14 heteroatoms. The smallest absolute Gasteiger partial charge is 0.293 e. The quantitative estimate of drug-likeness (QED) is 0.0756. The molecular formula is C53H69N7O7. The fourth-order valence-electron chi connectivity index (χ4n) is 10.6. The van der Waals surface area contributed by atoms with E-state index in [2.05, 4.69) is 79.1 Å². The van der Waals surface area contributed by atoms with Gasteiger partial charge in [0.25, 0.3) is 12.4 Å². The Kier molecular flexibility index (Phi) is 15.1. The lowest BCUT2D eigenvalue weighted by Crippen LogP contribution is -2.61. The maximum atomic E-state index is 14.5. The van der Waals surface area contributed by atoms with E-state index < -0.39 is 29.3 Å². The van der Waals surface area contributed by atoms with Crippen LogP contribution in [0.4, 0.5) is 0 Å². The molecule has 7 rings (SSSR count). The molecule has 358 valence electrons. The van der Waals surface area contributed by atoms with E-state index in [0.29, 0.717) is 32.5 Å². The van der Waals surface area contributed by atoms with Gasteiger partial charge in [-0.15, -0.1) is 0 Å². The molecule has 3 fully saturated rings. The number of carbonyl (C=O) groups is 5. The van der Waals surface area contributed by atoms with Crippen molar-refractivity contribution in [1.29, 1.82) is 0 Å². The van der Waals surface area contributed by atoms with Crippen LogP contribution in [0.1, 0.15) is 90.7 Å². The first-order valence-corrected chi connectivity index (χ1v) is 23.9. The fourth-order valence-corrected chi connectivity index (χ4v) is 10.6. The molecule has 2 aliphatic heterocycles. The number of aryl methyl sites for hydroxylation is 1. The van der Waals surface area contributed by atoms with Gasteiger partial charge in [-0.2, -0.15) is 0 Å². The number of likely N-dealkylation sites (N-methyl/N-ethyl adjacent to an activating group) is 1. The van der Waals surface area contributed by atoms with Gasteiger partial charge in [-0.1, -0.05) is 64.6 Å². The average Bonchev–Trinajstić information content (AvgIpc) is 3.93. The van der Waals surface area contributed by atoms with Crippen LogP contribution < -0.4 is 10.7 Å². The number of hydrogen-bond donors (Lipinski definition) is 2. The summed E-state index contributed by atoms with van der Waals surface area (Å²) in [5.74, 6) is -1.59. The monoisotopic (exact) mass is 916 g/mol. The van der Waals surface area contributed by atoms with E-state index in [0.717, 1.165) is 69.4 Å². The van der Waals surface area contributed by atoms with E-state index in [4.69, 9.17) is 14.5 Å². The van der Waals surface area contributed by atoms with Crippen LogP contribution >= 0.6 is 0 Å². The third-order valence-electron chi connectivity index (χ3n) is 14.0. The second-order valence-corrected chi connectivity index (χ2v) is 19.9. The Morgan fingerprint density at radius 1 is 1.07 bits per heavy atom. The van der Waals surface area contributed by atoms with Gasteiger partial charge in [0, 0.05) is 80.4 Å². The number of nitrogens with zero attached hydrogens (tertiary/aromatic N) is 5. The van der Waals surface area contributed by atoms with Gasteiger partial charge in [0.15, 0.2) is 0 Å². The highest BCUT2D eigenvalue weighted by Crippen LogP contribution is 2.49. The van der Waals surface area contributed by atoms with E-state index in [1.807, 2.05) is 45.9 Å². The fraction of sp³-hybridized carbons (Fsp3) is 0.509. The van der Waals surface area contributed by atoms with Crippen molar-refractivity contribution in [3.63, 3.8) is 0 Å². The van der Waals surface area contributed by atoms with Crippen LogP contribution in [0.2, 0.25) is 0 Å². The van der Waals surface area contributed by atoms with Gasteiger partial charge >= 0.3 is 0 Å². The Labute approximate surface area is 395 Å². The summed E-state index contributed by atoms with van der Waals surface area (Å²) in [5.41, 5.74) is 10.7. The van der Waals surface area contributed by atoms with Crippen molar-refractivity contribution in [2.75, 3.05) is 33.9 Å². The summed E-state index contributed by atoms with van der Waals surface area (Å²) in [4.78, 5) is 75.1. The number of rotatable bonds is 19. The van der Waals surface area contributed by atoms with Crippen molar-refractivity contribution in [2.45, 2.75) is 117 Å². The molecule has 0 bridgehead atoms. The number of ether oxygens (including phenoxy) is 2. The van der Waals surface area contributed by atoms with Crippen LogP contribution in [-0.4, -0.2) is 112 Å². The standard InChI is InChI=1S/C53H69N7O7/c1-11-46(62)59-29-42(40-27-45(40)59)51(64)57(9)48(32(3)4)50(63)55-43(52(65)60-23-15-16-33(5)56-60)25-35-17-13-18-36(24-35)37-20-21-44-39(26-37)41(28-53(7,8)30-67-31-61)49(58(44)12-2)38-19-14-22-54-47(38)34(6)66-10/h11,13-14,17-22,24,26,31-34,40,42-43,45,48,56H,1,12,15-16,23,25,27-30H2,2-10H3,(H,55,63)/t33-,34?,40?,42?,43?,45?,48?/m1/s1. The minimum atomic E-state index is -0.931. The maximum Gasteiger partial charge on any atom is 0.293 e. The zero-order valence-corrected chi connectivity index (χ0v) is 40.7. The molecule has 67 heavy (non-hydrogen) atoms. The summed E-state index contributed by atoms with van der Waals surface area (Å²) in [5, 5.41) is 5.83. The molecule has 3 aliphatic rings. The maximum absolute atomic E-state index is 14.5. The summed E-state index contributed by atoms with van der Waals surface area (Å²) in [6.45, 7) is 20.1. The van der Waals surface area contributed by atoms with Gasteiger partial charge in [-0.3, -0.25) is 34.0 Å². The molecule has 2 N–H and O–H groups in total. The Morgan fingerprint density at radius 3 is 2.52 bits per heavy atom. The number of amides is 4. The third-order valence-corrected chi connectivity index (χ3v) is 14.0. The molecule has 2 aromatic carbocycles. The average molecular weight is 916 g/mol. The van der Waals surface area contributed by atoms with E-state index in [1.165, 1.54) is 11.0 Å². The Morgan fingerprint density at radius 2 is 1.84 bits per heavy atom. The largest absolute Gasteiger partial charge is 0.467 e. The number of fused-ring (bicyclic) bond motifs is 2. The zero-order valence-electron chi connectivity index (χ0n) is 40.7. The number of nitrogens with one attached hydrogen (secondary N) is 2. The predicted molar refractivity (Wildman–Crippen MR) is 259 cm³/mol. The van der Waals surface area contributed by atoms with Crippen LogP contribution in [-0.2, 0) is 52.8 Å². The number of hydrogen-bond acceptors (Lipinski definition) is 9. The first-order valence-electron chi connectivity index (χ1n) is 23.9. The van der Waals surface area contributed by atoms with Crippen molar-refractivity contribution in [3.8, 4) is 22.4 Å². The Balaban J connectivity index is 1.22. The minimum absolute atomic E-state index is 0.0294. The van der Waals surface area contributed by atoms with Crippen LogP contribution in [0.3, 0.4) is 0 Å². The molecular weight excluding hydrogens is 847 g/mol. The number of pyridine rings is 1. The van der Waals surface area contributed by atoms with Gasteiger partial charge in [0.2, 0.25) is 17.7 Å². The van der Waals surface area contributed by atoms with Crippen LogP contribution in [0.25, 0.3) is 33.3 Å². The summed E-state index contributed by atoms with van der Waals surface area (Å²) in [6.07, 6.45) is 6.17. The minimum Gasteiger partial charge on any atom is -0.467 e. The number of carbonyl (C=O) groups excluding carboxylic acids is 5. The number of aromatic nitrogens is 2. The number of methoxy groups -OCH3 is 1. The van der Waals surface area contributed by atoms with Crippen molar-refractivity contribution < 1.29 is 33.4 Å². The van der Waals surface area contributed by atoms with E-state index in [9.17, 15) is 24.0 Å². The molecule has 4 amide bonds. The van der Waals surface area contributed by atoms with Gasteiger partial charge in [0.05, 0.1) is 30.0 Å². The van der Waals surface area contributed by atoms with Crippen molar-refractivity contribution in [3.05, 3.63) is 90.3 Å². The van der Waals surface area contributed by atoms with Crippen molar-refractivity contribution in [2.24, 2.45) is 23.2 Å². The summed E-state index contributed by atoms with van der Waals surface area (Å²) in [7, 11) is 3.34. The first kappa shape index (κ1) is 49.1. The SMILES string of the molecule is C=CC(=O)N1CC(C(=O)N(C)C(C(=O)NC(Cc2cccc(-c3ccc4c(c3)c(CC(C)(C)COC=O)c(-c3cccnc3C(C)OC)n4CC)c2)C(=O)N2CCC[C@@H](C)N2)C(C)C)C2CC21. The van der Waals surface area contributed by atoms with Crippen LogP contribution in [0.15, 0.2) is 73.4 Å². The lowest BCUT2D eigenvalue weighted by molar-refractivity contribution is -0.146. The summed E-state index contributed by atoms with van der Waals surface area (Å²) in [6, 6.07) is 17.0. The lowest BCUT2D eigenvalue weighted by Gasteiger charge is -2.36. The Hall–Kier alpha value is -5.86. The molecule has 6 unspecified atom stereocenters. The van der Waals surface area contributed by atoms with Crippen molar-refractivity contribution in [1.82, 2.24) is 35.1 Å². The van der Waals surface area contributed by atoms with E-state index in [-0.39, 0.29) is 60.8 Å². The molecule has 1 aliphatic carbocycles. The number of likely N-dealkylation sites (tertiary alicyclic amines) is 1. The number of hydrazine groups is 1. The highest BCUT2D eigenvalue weighted by Gasteiger charge is 2.58. The summed E-state index contributed by atoms with van der Waals surface area (Å²) >= 11 is 0. The van der Waals surface area contributed by atoms with Gasteiger partial charge in [-0.05, 0) is 111 Å². The zero-order chi connectivity index (χ0) is 48.3. The molecule has 0 radical (unpaired) electrons. The van der Waals surface area contributed by atoms with Gasteiger partial charge in [-0.25, -0.2) is 5.43 Å². The molecule has 4 heterocycles. The molecule has 1 saturated carbocycles. The third kappa shape index (κ3) is 10.4. The second kappa shape index (κ2) is 20.6. The molecule has 2 saturated heterocycles. The van der Waals surface area contributed by atoms with Crippen LogP contribution in [0, 0.1) is 23.2 Å². The topological polar surface area (TPSA) is 155 Å². The van der Waals surface area contributed by atoms with Crippen molar-refractivity contribution >= 4 is 41.0 Å². The second-order valence-electron chi connectivity index (χ2n) is 19.9. The summed E-state index contributed by atoms with van der Waals surface area (Å²) < 4.78 is 13.5. The van der Waals surface area contributed by atoms with E-state index >= 15 is 0 Å². The molecule has 4 aromatic rings. The predicted octanol–water partition coefficient (Wildman–Crippen LogP) is 6.90. The highest BCUT2D eigenvalue weighted by molar-refractivity contribution is 5.96. The van der Waals surface area contributed by atoms with Gasteiger partial charge < -0.3 is 29.2 Å². The molecule has 14 nitrogen and oxygen atoms in total. The lowest BCUT2D eigenvalue weighted by atomic mass is 9.84. The van der Waals surface area contributed by atoms with E-state index in [1.54, 1.807) is 30.3 Å². The number of benzene rings is 2. The molecule has 2 aromatic heterocycles. The molecule has 0 spiro atoms. The normalized spacial score (nSPS) is 20.5. The Bertz CT molecular complexity index is 2500. The molecule has 7 atom stereocenters. The first-order chi connectivity index (χ1) is 32.0. The van der Waals surface area contributed by atoms with Crippen LogP contribution in [0.5, 0.6) is 0 Å².